The van der Waals surface area contributed by atoms with Crippen molar-refractivity contribution in [2.24, 2.45) is 0 Å². The van der Waals surface area contributed by atoms with Gasteiger partial charge in [0.2, 0.25) is 0 Å². The molecule has 0 nitrogen and oxygen atoms in total. The third-order valence-electron chi connectivity index (χ3n) is 1.69. The molecule has 0 heterocycles. The van der Waals surface area contributed by atoms with Gasteiger partial charge in [0.25, 0.3) is 0 Å². The maximum absolute atomic E-state index is 2.17. The van der Waals surface area contributed by atoms with Crippen molar-refractivity contribution in [2.45, 2.75) is 37.4 Å². The Morgan fingerprint density at radius 3 is 2.12 bits per heavy atom. The standard InChI is InChI=1S/C6H12S.Mo/c7-6-4-2-1-3-5-6;/h6-7H,1-5H2;/q;+1/p-1. The van der Waals surface area contributed by atoms with Crippen LogP contribution in [0.2, 0.25) is 0 Å². The molecule has 1 saturated carbocycles. The van der Waals surface area contributed by atoms with Crippen LogP contribution >= 0.6 is 9.47 Å². The first-order valence-corrected chi connectivity index (χ1v) is 6.48. The molecule has 0 amide bonds. The van der Waals surface area contributed by atoms with Crippen molar-refractivity contribution >= 4 is 9.47 Å². The molecule has 0 bridgehead atoms. The third-order valence-corrected chi connectivity index (χ3v) is 4.44. The van der Waals surface area contributed by atoms with Crippen LogP contribution in [0.1, 0.15) is 32.1 Å². The van der Waals surface area contributed by atoms with Gasteiger partial charge < -0.3 is 0 Å². The van der Waals surface area contributed by atoms with E-state index in [4.69, 9.17) is 0 Å². The number of hydrogen-bond donors (Lipinski definition) is 0. The van der Waals surface area contributed by atoms with Gasteiger partial charge in [0.15, 0.2) is 0 Å². The van der Waals surface area contributed by atoms with Gasteiger partial charge >= 0.3 is 65.4 Å². The van der Waals surface area contributed by atoms with E-state index in [0.29, 0.717) is 0 Å². The van der Waals surface area contributed by atoms with Crippen LogP contribution in [0.5, 0.6) is 0 Å². The summed E-state index contributed by atoms with van der Waals surface area (Å²) in [5.41, 5.74) is 0. The first kappa shape index (κ1) is 7.15. The number of hydrogen-bond acceptors (Lipinski definition) is 1. The molecule has 0 atom stereocenters. The third kappa shape index (κ3) is 2.11. The van der Waals surface area contributed by atoms with E-state index in [9.17, 15) is 0 Å². The quantitative estimate of drug-likeness (QED) is 0.600. The minimum atomic E-state index is 1.01. The van der Waals surface area contributed by atoms with Crippen LogP contribution in [-0.2, 0) is 18.5 Å². The Morgan fingerprint density at radius 2 is 1.75 bits per heavy atom. The zero-order valence-corrected chi connectivity index (χ0v) is 7.75. The van der Waals surface area contributed by atoms with Crippen molar-refractivity contribution in [1.82, 2.24) is 0 Å². The van der Waals surface area contributed by atoms with Crippen LogP contribution < -0.4 is 0 Å². The fraction of sp³-hybridized carbons (Fsp3) is 1.00. The van der Waals surface area contributed by atoms with Crippen LogP contribution in [-0.4, -0.2) is 5.25 Å². The van der Waals surface area contributed by atoms with Crippen LogP contribution in [0.3, 0.4) is 0 Å². The van der Waals surface area contributed by atoms with Crippen LogP contribution in [0, 0.1) is 0 Å². The molecule has 1 aliphatic carbocycles. The summed E-state index contributed by atoms with van der Waals surface area (Å²) in [6, 6.07) is 0. The van der Waals surface area contributed by atoms with Gasteiger partial charge in [-0.3, -0.25) is 0 Å². The number of rotatable bonds is 1. The van der Waals surface area contributed by atoms with Crippen molar-refractivity contribution in [3.63, 3.8) is 0 Å². The fourth-order valence-electron chi connectivity index (χ4n) is 1.16. The molecule has 0 aromatic carbocycles. The van der Waals surface area contributed by atoms with Gasteiger partial charge in [0.1, 0.15) is 0 Å². The normalized spacial score (nSPS) is 23.5. The van der Waals surface area contributed by atoms with E-state index in [0.717, 1.165) is 5.25 Å². The zero-order chi connectivity index (χ0) is 5.82. The first-order chi connectivity index (χ1) is 3.93. The molecule has 47 valence electrons. The zero-order valence-electron chi connectivity index (χ0n) is 4.93. The minimum absolute atomic E-state index is 1.01. The summed E-state index contributed by atoms with van der Waals surface area (Å²) < 4.78 is 0. The fourth-order valence-corrected chi connectivity index (χ4v) is 3.11. The van der Waals surface area contributed by atoms with E-state index in [-0.39, 0.29) is 0 Å². The topological polar surface area (TPSA) is 0 Å². The molecule has 8 heavy (non-hydrogen) atoms. The molecule has 0 aromatic rings. The Morgan fingerprint density at radius 1 is 1.12 bits per heavy atom. The Bertz CT molecular complexity index is 59.5. The van der Waals surface area contributed by atoms with Gasteiger partial charge in [0.05, 0.1) is 0 Å². The molecule has 0 saturated heterocycles. The Labute approximate surface area is 65.4 Å². The molecular formula is C6H11MoS. The first-order valence-electron chi connectivity index (χ1n) is 3.22. The Kier molecular flexibility index (Phi) is 3.53. The summed E-state index contributed by atoms with van der Waals surface area (Å²) in [6.45, 7) is 0. The molecule has 0 radical (unpaired) electrons. The summed E-state index contributed by atoms with van der Waals surface area (Å²) in [6.07, 6.45) is 7.39. The molecule has 0 aromatic heterocycles. The van der Waals surface area contributed by atoms with Gasteiger partial charge in [-0.15, -0.1) is 0 Å². The Balaban J connectivity index is 2.13. The summed E-state index contributed by atoms with van der Waals surface area (Å²) in [4.78, 5) is 0. The monoisotopic (exact) mass is 213 g/mol. The van der Waals surface area contributed by atoms with Crippen molar-refractivity contribution in [2.75, 3.05) is 0 Å². The van der Waals surface area contributed by atoms with Crippen molar-refractivity contribution in [3.05, 3.63) is 0 Å². The molecule has 0 N–H and O–H groups in total. The van der Waals surface area contributed by atoms with E-state index in [1.807, 2.05) is 0 Å². The summed E-state index contributed by atoms with van der Waals surface area (Å²) >= 11 is 2.17. The van der Waals surface area contributed by atoms with Gasteiger partial charge in [-0.25, -0.2) is 0 Å². The second-order valence-corrected chi connectivity index (χ2v) is 4.63. The van der Waals surface area contributed by atoms with Gasteiger partial charge in [-0.2, -0.15) is 0 Å². The maximum atomic E-state index is 2.17. The molecule has 0 aliphatic heterocycles. The van der Waals surface area contributed by atoms with Gasteiger partial charge in [-0.1, -0.05) is 0 Å². The average Bonchev–Trinajstić information content (AvgIpc) is 1.90. The molecule has 0 spiro atoms. The molecule has 1 fully saturated rings. The predicted octanol–water partition coefficient (Wildman–Crippen LogP) is 2.51. The molecular weight excluding hydrogens is 200 g/mol. The molecule has 1 aliphatic rings. The molecule has 2 heteroatoms. The molecule has 1 rings (SSSR count). The van der Waals surface area contributed by atoms with Crippen molar-refractivity contribution in [1.29, 1.82) is 0 Å². The second-order valence-electron chi connectivity index (χ2n) is 2.36. The van der Waals surface area contributed by atoms with Crippen LogP contribution in [0.25, 0.3) is 0 Å². The SMILES string of the molecule is [Mo][S]C1CCCCC1. The second kappa shape index (κ2) is 3.95. The van der Waals surface area contributed by atoms with Gasteiger partial charge in [0, 0.05) is 0 Å². The van der Waals surface area contributed by atoms with E-state index < -0.39 is 0 Å². The van der Waals surface area contributed by atoms with Crippen LogP contribution in [0.4, 0.5) is 0 Å². The van der Waals surface area contributed by atoms with Crippen LogP contribution in [0.15, 0.2) is 0 Å². The van der Waals surface area contributed by atoms with E-state index in [1.54, 1.807) is 0 Å². The van der Waals surface area contributed by atoms with E-state index >= 15 is 0 Å². The summed E-state index contributed by atoms with van der Waals surface area (Å²) in [5, 5.41) is 1.01. The van der Waals surface area contributed by atoms with E-state index in [2.05, 4.69) is 28.0 Å². The van der Waals surface area contributed by atoms with Gasteiger partial charge in [-0.05, 0) is 0 Å². The van der Waals surface area contributed by atoms with Crippen molar-refractivity contribution < 1.29 is 18.5 Å². The molecule has 0 unspecified atom stereocenters. The van der Waals surface area contributed by atoms with E-state index in [1.165, 1.54) is 32.1 Å². The Hall–Kier alpha value is 1.04. The average molecular weight is 211 g/mol. The predicted molar refractivity (Wildman–Crippen MR) is 34.5 cm³/mol. The summed E-state index contributed by atoms with van der Waals surface area (Å²) in [5.74, 6) is 0. The van der Waals surface area contributed by atoms with Crippen molar-refractivity contribution in [3.8, 4) is 0 Å². The summed E-state index contributed by atoms with van der Waals surface area (Å²) in [7, 11) is 2.06.